The van der Waals surface area contributed by atoms with Crippen molar-refractivity contribution < 1.29 is 0 Å². The standard InChI is InChI=1S/C22H24N4S/c1-4-16-9-11-17(12-10-16)26-21(19-13-8-15(2)25(19)3)20(24-22(26)27)18-7-5-6-14-23-18/h5-14,20-21H,4H2,1-3H3,(H,24,27)/t20-,21+/m0/s1. The summed E-state index contributed by atoms with van der Waals surface area (Å²) in [6.45, 7) is 4.30. The molecule has 0 saturated carbocycles. The van der Waals surface area contributed by atoms with Crippen molar-refractivity contribution in [3.63, 3.8) is 0 Å². The van der Waals surface area contributed by atoms with Crippen molar-refractivity contribution in [1.29, 1.82) is 0 Å². The van der Waals surface area contributed by atoms with E-state index in [9.17, 15) is 0 Å². The summed E-state index contributed by atoms with van der Waals surface area (Å²) in [5, 5.41) is 4.25. The first-order valence-electron chi connectivity index (χ1n) is 9.32. The summed E-state index contributed by atoms with van der Waals surface area (Å²) in [5.41, 5.74) is 5.87. The molecule has 0 bridgehead atoms. The van der Waals surface area contributed by atoms with Gasteiger partial charge in [-0.3, -0.25) is 4.98 Å². The van der Waals surface area contributed by atoms with Gasteiger partial charge in [-0.15, -0.1) is 0 Å². The Bertz CT molecular complexity index is 946. The lowest BCUT2D eigenvalue weighted by Gasteiger charge is -2.28. The van der Waals surface area contributed by atoms with Gasteiger partial charge in [-0.25, -0.2) is 0 Å². The maximum atomic E-state index is 5.77. The van der Waals surface area contributed by atoms with Gasteiger partial charge in [0.05, 0.1) is 11.7 Å². The molecule has 1 aliphatic heterocycles. The third-order valence-corrected chi connectivity index (χ3v) is 5.75. The van der Waals surface area contributed by atoms with Gasteiger partial charge in [0.25, 0.3) is 0 Å². The van der Waals surface area contributed by atoms with Crippen LogP contribution in [0, 0.1) is 6.92 Å². The van der Waals surface area contributed by atoms with Gasteiger partial charge in [0.1, 0.15) is 6.04 Å². The van der Waals surface area contributed by atoms with Crippen LogP contribution >= 0.6 is 12.2 Å². The number of nitrogens with one attached hydrogen (secondary N) is 1. The fourth-order valence-corrected chi connectivity index (χ4v) is 4.10. The quantitative estimate of drug-likeness (QED) is 0.681. The van der Waals surface area contributed by atoms with Crippen molar-refractivity contribution >= 4 is 23.0 Å². The number of nitrogens with zero attached hydrogens (tertiary/aromatic N) is 3. The molecule has 2 atom stereocenters. The molecule has 0 spiro atoms. The maximum Gasteiger partial charge on any atom is 0.174 e. The van der Waals surface area contributed by atoms with Crippen molar-refractivity contribution in [2.45, 2.75) is 32.4 Å². The van der Waals surface area contributed by atoms with E-state index in [1.54, 1.807) is 0 Å². The predicted octanol–water partition coefficient (Wildman–Crippen LogP) is 4.47. The number of aryl methyl sites for hydroxylation is 2. The van der Waals surface area contributed by atoms with Gasteiger partial charge >= 0.3 is 0 Å². The summed E-state index contributed by atoms with van der Waals surface area (Å²) in [5.74, 6) is 0. The molecule has 0 amide bonds. The minimum Gasteiger partial charge on any atom is -0.351 e. The van der Waals surface area contributed by atoms with E-state index in [1.807, 2.05) is 18.3 Å². The lowest BCUT2D eigenvalue weighted by Crippen LogP contribution is -2.30. The summed E-state index contributed by atoms with van der Waals surface area (Å²) in [6, 6.07) is 19.1. The van der Waals surface area contributed by atoms with Gasteiger partial charge in [0, 0.05) is 30.3 Å². The van der Waals surface area contributed by atoms with Crippen LogP contribution in [0.5, 0.6) is 0 Å². The molecule has 0 aliphatic carbocycles. The second-order valence-corrected chi connectivity index (χ2v) is 7.36. The zero-order valence-corrected chi connectivity index (χ0v) is 16.7. The topological polar surface area (TPSA) is 33.1 Å². The summed E-state index contributed by atoms with van der Waals surface area (Å²) in [4.78, 5) is 6.83. The highest BCUT2D eigenvalue weighted by Gasteiger charge is 2.41. The van der Waals surface area contributed by atoms with Crippen molar-refractivity contribution in [2.24, 2.45) is 7.05 Å². The minimum absolute atomic E-state index is 0.00227. The Morgan fingerprint density at radius 2 is 1.85 bits per heavy atom. The lowest BCUT2D eigenvalue weighted by molar-refractivity contribution is 0.539. The molecule has 0 radical (unpaired) electrons. The SMILES string of the molecule is CCc1ccc(N2C(=S)N[C@@H](c3ccccn3)[C@H]2c2ccc(C)n2C)cc1. The molecule has 1 aliphatic rings. The van der Waals surface area contributed by atoms with Crippen molar-refractivity contribution in [3.05, 3.63) is 83.4 Å². The molecule has 4 rings (SSSR count). The van der Waals surface area contributed by atoms with Crippen molar-refractivity contribution in [3.8, 4) is 0 Å². The molecular formula is C22H24N4S. The second kappa shape index (κ2) is 7.16. The number of aromatic nitrogens is 2. The third kappa shape index (κ3) is 3.12. The summed E-state index contributed by atoms with van der Waals surface area (Å²) < 4.78 is 2.24. The number of pyridine rings is 1. The van der Waals surface area contributed by atoms with E-state index in [-0.39, 0.29) is 12.1 Å². The average molecular weight is 377 g/mol. The summed E-state index contributed by atoms with van der Waals surface area (Å²) in [6.07, 6.45) is 2.87. The minimum atomic E-state index is -0.00227. The number of hydrogen-bond acceptors (Lipinski definition) is 2. The maximum absolute atomic E-state index is 5.77. The third-order valence-electron chi connectivity index (χ3n) is 5.44. The molecule has 4 nitrogen and oxygen atoms in total. The predicted molar refractivity (Wildman–Crippen MR) is 114 cm³/mol. The van der Waals surface area contributed by atoms with Gasteiger partial charge in [-0.2, -0.15) is 0 Å². The second-order valence-electron chi connectivity index (χ2n) is 6.98. The Morgan fingerprint density at radius 3 is 2.44 bits per heavy atom. The van der Waals surface area contributed by atoms with E-state index in [0.29, 0.717) is 0 Å². The van der Waals surface area contributed by atoms with Gasteiger partial charge in [0.2, 0.25) is 0 Å². The fraction of sp³-hybridized carbons (Fsp3) is 0.273. The van der Waals surface area contributed by atoms with Crippen LogP contribution in [0.15, 0.2) is 60.8 Å². The molecular weight excluding hydrogens is 352 g/mol. The zero-order chi connectivity index (χ0) is 19.0. The van der Waals surface area contributed by atoms with Gasteiger partial charge in [0.15, 0.2) is 5.11 Å². The van der Waals surface area contributed by atoms with E-state index in [2.05, 4.69) is 83.1 Å². The van der Waals surface area contributed by atoms with Crippen LogP contribution in [0.2, 0.25) is 0 Å². The van der Waals surface area contributed by atoms with Crippen LogP contribution in [0.4, 0.5) is 5.69 Å². The first kappa shape index (κ1) is 17.7. The van der Waals surface area contributed by atoms with E-state index in [4.69, 9.17) is 12.2 Å². The van der Waals surface area contributed by atoms with E-state index in [1.165, 1.54) is 17.0 Å². The van der Waals surface area contributed by atoms with Crippen molar-refractivity contribution in [2.75, 3.05) is 4.90 Å². The number of rotatable bonds is 4. The molecule has 27 heavy (non-hydrogen) atoms. The van der Waals surface area contributed by atoms with E-state index < -0.39 is 0 Å². The first-order chi connectivity index (χ1) is 13.1. The molecule has 138 valence electrons. The average Bonchev–Trinajstić information content (AvgIpc) is 3.22. The first-order valence-corrected chi connectivity index (χ1v) is 9.72. The Hall–Kier alpha value is -2.66. The number of hydrogen-bond donors (Lipinski definition) is 1. The normalized spacial score (nSPS) is 19.4. The largest absolute Gasteiger partial charge is 0.351 e. The Labute approximate surface area is 165 Å². The van der Waals surface area contributed by atoms with E-state index in [0.717, 1.165) is 22.9 Å². The molecule has 1 N–H and O–H groups in total. The fourth-order valence-electron chi connectivity index (χ4n) is 3.76. The van der Waals surface area contributed by atoms with E-state index >= 15 is 0 Å². The highest BCUT2D eigenvalue weighted by molar-refractivity contribution is 7.80. The molecule has 0 unspecified atom stereocenters. The molecule has 1 saturated heterocycles. The van der Waals surface area contributed by atoms with Crippen molar-refractivity contribution in [1.82, 2.24) is 14.9 Å². The number of anilines is 1. The van der Waals surface area contributed by atoms with Crippen LogP contribution in [-0.2, 0) is 13.5 Å². The Morgan fingerprint density at radius 1 is 1.07 bits per heavy atom. The van der Waals surface area contributed by atoms with Gasteiger partial charge in [-0.05, 0) is 67.5 Å². The monoisotopic (exact) mass is 376 g/mol. The lowest BCUT2D eigenvalue weighted by atomic mass is 10.0. The highest BCUT2D eigenvalue weighted by Crippen LogP contribution is 2.41. The Kier molecular flexibility index (Phi) is 4.70. The van der Waals surface area contributed by atoms with Crippen LogP contribution in [0.25, 0.3) is 0 Å². The summed E-state index contributed by atoms with van der Waals surface area (Å²) in [7, 11) is 2.11. The molecule has 2 aromatic heterocycles. The molecule has 1 fully saturated rings. The van der Waals surface area contributed by atoms with Gasteiger partial charge in [-0.1, -0.05) is 25.1 Å². The Balaban J connectivity index is 1.83. The van der Waals surface area contributed by atoms with Crippen LogP contribution in [0.1, 0.15) is 41.7 Å². The van der Waals surface area contributed by atoms with Gasteiger partial charge < -0.3 is 14.8 Å². The summed E-state index contributed by atoms with van der Waals surface area (Å²) >= 11 is 5.77. The molecule has 3 aromatic rings. The van der Waals surface area contributed by atoms with Crippen LogP contribution < -0.4 is 10.2 Å². The zero-order valence-electron chi connectivity index (χ0n) is 15.9. The molecule has 5 heteroatoms. The molecule has 1 aromatic carbocycles. The number of benzene rings is 1. The van der Waals surface area contributed by atoms with Crippen LogP contribution in [-0.4, -0.2) is 14.7 Å². The highest BCUT2D eigenvalue weighted by atomic mass is 32.1. The number of thiocarbonyl (C=S) groups is 1. The molecule has 3 heterocycles. The van der Waals surface area contributed by atoms with Crippen LogP contribution in [0.3, 0.4) is 0 Å². The smallest absolute Gasteiger partial charge is 0.174 e.